The molecule has 5 nitrogen and oxygen atoms in total. The van der Waals surface area contributed by atoms with Crippen molar-refractivity contribution < 1.29 is 9.90 Å². The number of carboxylic acid groups (broad SMARTS) is 1. The molecule has 0 amide bonds. The smallest absolute Gasteiger partial charge is 0.309 e. The van der Waals surface area contributed by atoms with Gasteiger partial charge in [0.05, 0.1) is 12.1 Å². The van der Waals surface area contributed by atoms with Crippen molar-refractivity contribution in [3.63, 3.8) is 0 Å². The van der Waals surface area contributed by atoms with E-state index in [1.807, 2.05) is 0 Å². The molecule has 0 unspecified atom stereocenters. The van der Waals surface area contributed by atoms with Crippen LogP contribution in [0.1, 0.15) is 19.3 Å². The Morgan fingerprint density at radius 2 is 2.38 bits per heavy atom. The Kier molecular flexibility index (Phi) is 1.88. The highest BCUT2D eigenvalue weighted by Gasteiger charge is 2.31. The van der Waals surface area contributed by atoms with Crippen molar-refractivity contribution in [2.24, 2.45) is 5.84 Å². The summed E-state index contributed by atoms with van der Waals surface area (Å²) in [5.74, 6) is 4.87. The number of hydrazine groups is 1. The Morgan fingerprint density at radius 3 is 3.08 bits per heavy atom. The summed E-state index contributed by atoms with van der Waals surface area (Å²) < 4.78 is 0. The number of carboxylic acids is 1. The Morgan fingerprint density at radius 1 is 1.62 bits per heavy atom. The zero-order valence-electron chi connectivity index (χ0n) is 7.36. The first kappa shape index (κ1) is 8.37. The van der Waals surface area contributed by atoms with Crippen molar-refractivity contribution in [2.75, 3.05) is 13.2 Å². The van der Waals surface area contributed by atoms with Crippen molar-refractivity contribution in [1.29, 1.82) is 0 Å². The van der Waals surface area contributed by atoms with Crippen LogP contribution in [0, 0.1) is 0 Å². The summed E-state index contributed by atoms with van der Waals surface area (Å²) >= 11 is 0. The van der Waals surface area contributed by atoms with Gasteiger partial charge in [-0.2, -0.15) is 0 Å². The average Bonchev–Trinajstić information content (AvgIpc) is 2.55. The summed E-state index contributed by atoms with van der Waals surface area (Å²) in [7, 11) is 0. The van der Waals surface area contributed by atoms with Crippen molar-refractivity contribution in [1.82, 2.24) is 9.91 Å². The SMILES string of the molecule is NN1CN2CCCC2=C1CC(=O)O. The number of hydrogen-bond acceptors (Lipinski definition) is 4. The van der Waals surface area contributed by atoms with E-state index in [0.29, 0.717) is 6.67 Å². The fourth-order valence-corrected chi connectivity index (χ4v) is 2.00. The first-order valence-electron chi connectivity index (χ1n) is 4.39. The predicted molar refractivity (Wildman–Crippen MR) is 46.1 cm³/mol. The van der Waals surface area contributed by atoms with Crippen LogP contribution in [-0.4, -0.2) is 34.2 Å². The van der Waals surface area contributed by atoms with Gasteiger partial charge in [0.2, 0.25) is 0 Å². The number of fused-ring (bicyclic) bond motifs is 1. The van der Waals surface area contributed by atoms with E-state index in [-0.39, 0.29) is 6.42 Å². The van der Waals surface area contributed by atoms with Gasteiger partial charge >= 0.3 is 5.97 Å². The Hall–Kier alpha value is -1.23. The van der Waals surface area contributed by atoms with Crippen molar-refractivity contribution in [2.45, 2.75) is 19.3 Å². The highest BCUT2D eigenvalue weighted by Crippen LogP contribution is 2.31. The van der Waals surface area contributed by atoms with Gasteiger partial charge < -0.3 is 10.0 Å². The number of aliphatic carboxylic acids is 1. The van der Waals surface area contributed by atoms with Gasteiger partial charge in [-0.25, -0.2) is 5.84 Å². The number of allylic oxidation sites excluding steroid dienone is 1. The van der Waals surface area contributed by atoms with Gasteiger partial charge in [-0.15, -0.1) is 0 Å². The first-order valence-corrected chi connectivity index (χ1v) is 4.39. The van der Waals surface area contributed by atoms with Gasteiger partial charge in [-0.05, 0) is 12.8 Å². The molecular weight excluding hydrogens is 170 g/mol. The number of rotatable bonds is 2. The van der Waals surface area contributed by atoms with E-state index in [1.54, 1.807) is 5.01 Å². The molecule has 0 aromatic heterocycles. The molecule has 72 valence electrons. The van der Waals surface area contributed by atoms with Crippen molar-refractivity contribution in [3.05, 3.63) is 11.4 Å². The third-order valence-corrected chi connectivity index (χ3v) is 2.54. The first-order chi connectivity index (χ1) is 6.18. The summed E-state index contributed by atoms with van der Waals surface area (Å²) in [5, 5.41) is 10.2. The molecule has 0 aromatic carbocycles. The quantitative estimate of drug-likeness (QED) is 0.586. The van der Waals surface area contributed by atoms with E-state index in [2.05, 4.69) is 4.90 Å². The Bertz CT molecular complexity index is 275. The van der Waals surface area contributed by atoms with Crippen molar-refractivity contribution in [3.8, 4) is 0 Å². The predicted octanol–water partition coefficient (Wildman–Crippen LogP) is -0.0847. The van der Waals surface area contributed by atoms with Crippen LogP contribution < -0.4 is 5.84 Å². The molecule has 0 radical (unpaired) electrons. The number of hydrogen-bond donors (Lipinski definition) is 2. The molecule has 0 aromatic rings. The maximum Gasteiger partial charge on any atom is 0.309 e. The van der Waals surface area contributed by atoms with Crippen LogP contribution in [0.15, 0.2) is 11.4 Å². The number of nitrogens with zero attached hydrogens (tertiary/aromatic N) is 2. The minimum Gasteiger partial charge on any atom is -0.481 e. The van der Waals surface area contributed by atoms with Gasteiger partial charge in [-0.1, -0.05) is 0 Å². The molecule has 3 N–H and O–H groups in total. The van der Waals surface area contributed by atoms with Gasteiger partial charge in [-0.3, -0.25) is 9.80 Å². The lowest BCUT2D eigenvalue weighted by Gasteiger charge is -2.16. The molecule has 0 saturated carbocycles. The lowest BCUT2D eigenvalue weighted by atomic mass is 10.2. The van der Waals surface area contributed by atoms with E-state index in [1.165, 1.54) is 0 Å². The van der Waals surface area contributed by atoms with Crippen LogP contribution >= 0.6 is 0 Å². The van der Waals surface area contributed by atoms with Crippen LogP contribution in [-0.2, 0) is 4.79 Å². The van der Waals surface area contributed by atoms with Crippen LogP contribution in [0.25, 0.3) is 0 Å². The molecular formula is C8H13N3O2. The second-order valence-electron chi connectivity index (χ2n) is 3.44. The zero-order valence-corrected chi connectivity index (χ0v) is 7.36. The molecule has 0 atom stereocenters. The van der Waals surface area contributed by atoms with Crippen LogP contribution in [0.3, 0.4) is 0 Å². The fourth-order valence-electron chi connectivity index (χ4n) is 2.00. The lowest BCUT2D eigenvalue weighted by molar-refractivity contribution is -0.136. The molecule has 0 aliphatic carbocycles. The monoisotopic (exact) mass is 183 g/mol. The third kappa shape index (κ3) is 1.35. The molecule has 2 aliphatic rings. The fraction of sp³-hybridized carbons (Fsp3) is 0.625. The van der Waals surface area contributed by atoms with E-state index >= 15 is 0 Å². The lowest BCUT2D eigenvalue weighted by Crippen LogP contribution is -2.33. The standard InChI is InChI=1S/C8H13N3O2/c9-11-5-10-3-1-2-6(10)7(11)4-8(12)13/h1-5,9H2,(H,12,13). The van der Waals surface area contributed by atoms with Crippen LogP contribution in [0.5, 0.6) is 0 Å². The van der Waals surface area contributed by atoms with Gasteiger partial charge in [0.15, 0.2) is 0 Å². The zero-order chi connectivity index (χ0) is 9.42. The van der Waals surface area contributed by atoms with Crippen molar-refractivity contribution >= 4 is 5.97 Å². The minimum atomic E-state index is -0.813. The van der Waals surface area contributed by atoms with Gasteiger partial charge in [0.1, 0.15) is 6.67 Å². The van der Waals surface area contributed by atoms with Gasteiger partial charge in [0.25, 0.3) is 0 Å². The molecule has 2 rings (SSSR count). The number of carbonyl (C=O) groups is 1. The van der Waals surface area contributed by atoms with Crippen LogP contribution in [0.4, 0.5) is 0 Å². The number of nitrogens with two attached hydrogens (primary N) is 1. The summed E-state index contributed by atoms with van der Waals surface area (Å²) in [6.07, 6.45) is 2.13. The van der Waals surface area contributed by atoms with E-state index in [0.717, 1.165) is 30.8 Å². The molecule has 2 heterocycles. The van der Waals surface area contributed by atoms with Crippen LogP contribution in [0.2, 0.25) is 0 Å². The highest BCUT2D eigenvalue weighted by molar-refractivity contribution is 5.70. The summed E-state index contributed by atoms with van der Waals surface area (Å²) in [5.41, 5.74) is 1.91. The van der Waals surface area contributed by atoms with E-state index in [4.69, 9.17) is 10.9 Å². The maximum atomic E-state index is 10.6. The summed E-state index contributed by atoms with van der Waals surface area (Å²) in [6.45, 7) is 1.66. The molecule has 1 fully saturated rings. The second-order valence-corrected chi connectivity index (χ2v) is 3.44. The maximum absolute atomic E-state index is 10.6. The second kappa shape index (κ2) is 2.92. The molecule has 0 bridgehead atoms. The third-order valence-electron chi connectivity index (χ3n) is 2.54. The minimum absolute atomic E-state index is 0.0440. The molecule has 0 spiro atoms. The normalized spacial score (nSPS) is 21.3. The van der Waals surface area contributed by atoms with E-state index < -0.39 is 5.97 Å². The topological polar surface area (TPSA) is 69.8 Å². The molecule has 5 heteroatoms. The van der Waals surface area contributed by atoms with E-state index in [9.17, 15) is 4.79 Å². The average molecular weight is 183 g/mol. The molecule has 1 saturated heterocycles. The molecule has 2 aliphatic heterocycles. The Balaban J connectivity index is 2.21. The highest BCUT2D eigenvalue weighted by atomic mass is 16.4. The van der Waals surface area contributed by atoms with Gasteiger partial charge in [0, 0.05) is 12.2 Å². The molecule has 13 heavy (non-hydrogen) atoms. The largest absolute Gasteiger partial charge is 0.481 e. The summed E-state index contributed by atoms with van der Waals surface area (Å²) in [4.78, 5) is 12.7. The Labute approximate surface area is 76.4 Å². The summed E-state index contributed by atoms with van der Waals surface area (Å²) in [6, 6.07) is 0.